The number of nitrogens with zero attached hydrogens (tertiary/aromatic N) is 1. The lowest BCUT2D eigenvalue weighted by molar-refractivity contribution is -0.577. The normalized spacial score (nSPS) is 11.1. The van der Waals surface area contributed by atoms with Gasteiger partial charge in [-0.1, -0.05) is 17.7 Å². The van der Waals surface area contributed by atoms with Gasteiger partial charge in [0.25, 0.3) is 0 Å². The van der Waals surface area contributed by atoms with Gasteiger partial charge in [-0.3, -0.25) is 4.79 Å². The van der Waals surface area contributed by atoms with Crippen LogP contribution in [-0.4, -0.2) is 5.78 Å². The first kappa shape index (κ1) is 14.3. The molecule has 1 aromatic heterocycles. The minimum atomic E-state index is -0.0938. The number of aromatic nitrogens is 1. The third-order valence-electron chi connectivity index (χ3n) is 3.34. The van der Waals surface area contributed by atoms with E-state index in [0.29, 0.717) is 16.1 Å². The first-order chi connectivity index (χ1) is 10.6. The fraction of sp³-hybridized carbons (Fsp3) is 0. The number of pyridine rings is 1. The van der Waals surface area contributed by atoms with E-state index in [2.05, 4.69) is 0 Å². The molecule has 0 fully saturated rings. The number of hydrogen-bond acceptors (Lipinski definition) is 2. The molecule has 3 aromatic rings. The topological polar surface area (TPSA) is 44.0 Å². The Kier molecular flexibility index (Phi) is 3.90. The van der Waals surface area contributed by atoms with E-state index >= 15 is 0 Å². The van der Waals surface area contributed by atoms with Crippen LogP contribution in [0.2, 0.25) is 5.02 Å². The van der Waals surface area contributed by atoms with Gasteiger partial charge < -0.3 is 5.21 Å². The second kappa shape index (κ2) is 6.00. The lowest BCUT2D eigenvalue weighted by Crippen LogP contribution is -2.25. The summed E-state index contributed by atoms with van der Waals surface area (Å²) < 4.78 is 0.821. The van der Waals surface area contributed by atoms with Gasteiger partial charge in [-0.15, -0.1) is 0 Å². The second-order valence-corrected chi connectivity index (χ2v) is 5.29. The van der Waals surface area contributed by atoms with Crippen molar-refractivity contribution in [2.24, 2.45) is 0 Å². The van der Waals surface area contributed by atoms with Crippen molar-refractivity contribution in [3.8, 4) is 0 Å². The Morgan fingerprint density at radius 3 is 2.64 bits per heavy atom. The molecule has 22 heavy (non-hydrogen) atoms. The first-order valence-corrected chi connectivity index (χ1v) is 7.11. The standard InChI is InChI=1S/C18H12ClNO2/c19-16-7-5-14(6-8-16)18(21)10-4-13-3-9-17-15(12-13)2-1-11-20(17)22/h1-12H/b10-4+. The number of benzene rings is 2. The molecule has 0 aliphatic rings. The van der Waals surface area contributed by atoms with E-state index < -0.39 is 0 Å². The SMILES string of the molecule is O=C(/C=C/c1ccc2c(ccc[n+]2[O-])c1)c1ccc(Cl)cc1. The van der Waals surface area contributed by atoms with Crippen LogP contribution in [0.15, 0.2) is 66.9 Å². The third-order valence-corrected chi connectivity index (χ3v) is 3.59. The van der Waals surface area contributed by atoms with E-state index in [1.807, 2.05) is 18.2 Å². The summed E-state index contributed by atoms with van der Waals surface area (Å²) in [7, 11) is 0. The Morgan fingerprint density at radius 2 is 1.86 bits per heavy atom. The van der Waals surface area contributed by atoms with Crippen molar-refractivity contribution in [1.82, 2.24) is 0 Å². The Bertz CT molecular complexity index is 870. The van der Waals surface area contributed by atoms with Crippen molar-refractivity contribution in [2.45, 2.75) is 0 Å². The molecule has 0 spiro atoms. The van der Waals surface area contributed by atoms with Gasteiger partial charge in [0, 0.05) is 28.1 Å². The zero-order chi connectivity index (χ0) is 15.5. The van der Waals surface area contributed by atoms with Crippen molar-refractivity contribution >= 4 is 34.4 Å². The summed E-state index contributed by atoms with van der Waals surface area (Å²) in [5.74, 6) is -0.0938. The molecule has 0 saturated heterocycles. The Balaban J connectivity index is 1.86. The molecule has 0 unspecified atom stereocenters. The third kappa shape index (κ3) is 3.00. The summed E-state index contributed by atoms with van der Waals surface area (Å²) in [5.41, 5.74) is 2.04. The van der Waals surface area contributed by atoms with Gasteiger partial charge in [-0.05, 0) is 54.1 Å². The van der Waals surface area contributed by atoms with E-state index in [-0.39, 0.29) is 5.78 Å². The van der Waals surface area contributed by atoms with Crippen LogP contribution >= 0.6 is 11.6 Å². The molecule has 2 aromatic carbocycles. The molecule has 0 bridgehead atoms. The van der Waals surface area contributed by atoms with Crippen LogP contribution in [0.5, 0.6) is 0 Å². The summed E-state index contributed by atoms with van der Waals surface area (Å²) in [4.78, 5) is 12.1. The molecule has 0 saturated carbocycles. The second-order valence-electron chi connectivity index (χ2n) is 4.86. The molecule has 0 radical (unpaired) electrons. The van der Waals surface area contributed by atoms with E-state index in [1.54, 1.807) is 42.5 Å². The number of carbonyl (C=O) groups excluding carboxylic acids is 1. The maximum absolute atomic E-state index is 12.1. The summed E-state index contributed by atoms with van der Waals surface area (Å²) in [5, 5.41) is 13.0. The number of hydrogen-bond donors (Lipinski definition) is 0. The van der Waals surface area contributed by atoms with Gasteiger partial charge in [0.15, 0.2) is 12.0 Å². The number of rotatable bonds is 3. The van der Waals surface area contributed by atoms with Crippen molar-refractivity contribution in [3.63, 3.8) is 0 Å². The predicted molar refractivity (Wildman–Crippen MR) is 87.7 cm³/mol. The minimum absolute atomic E-state index is 0.0938. The number of ketones is 1. The summed E-state index contributed by atoms with van der Waals surface area (Å²) in [6, 6.07) is 15.7. The molecular formula is C18H12ClNO2. The van der Waals surface area contributed by atoms with Gasteiger partial charge in [-0.25, -0.2) is 0 Å². The highest BCUT2D eigenvalue weighted by atomic mass is 35.5. The van der Waals surface area contributed by atoms with Gasteiger partial charge in [-0.2, -0.15) is 4.73 Å². The minimum Gasteiger partial charge on any atom is -0.618 e. The van der Waals surface area contributed by atoms with Gasteiger partial charge >= 0.3 is 0 Å². The van der Waals surface area contributed by atoms with Crippen LogP contribution in [0.4, 0.5) is 0 Å². The number of halogens is 1. The Morgan fingerprint density at radius 1 is 1.09 bits per heavy atom. The maximum Gasteiger partial charge on any atom is 0.223 e. The molecular weight excluding hydrogens is 298 g/mol. The first-order valence-electron chi connectivity index (χ1n) is 6.73. The van der Waals surface area contributed by atoms with Crippen LogP contribution in [0.3, 0.4) is 0 Å². The smallest absolute Gasteiger partial charge is 0.223 e. The van der Waals surface area contributed by atoms with E-state index in [4.69, 9.17) is 11.6 Å². The summed E-state index contributed by atoms with van der Waals surface area (Å²) in [6.45, 7) is 0. The van der Waals surface area contributed by atoms with Gasteiger partial charge in [0.2, 0.25) is 5.52 Å². The number of carbonyl (C=O) groups is 1. The van der Waals surface area contributed by atoms with Gasteiger partial charge in [0.1, 0.15) is 0 Å². The average molecular weight is 310 g/mol. The monoisotopic (exact) mass is 309 g/mol. The predicted octanol–water partition coefficient (Wildman–Crippen LogP) is 4.02. The van der Waals surface area contributed by atoms with Crippen LogP contribution < -0.4 is 4.73 Å². The van der Waals surface area contributed by atoms with E-state index in [9.17, 15) is 10.0 Å². The molecule has 1 heterocycles. The molecule has 4 heteroatoms. The molecule has 0 amide bonds. The fourth-order valence-corrected chi connectivity index (χ4v) is 2.32. The molecule has 0 N–H and O–H groups in total. The quantitative estimate of drug-likeness (QED) is 0.317. The molecule has 108 valence electrons. The average Bonchev–Trinajstić information content (AvgIpc) is 2.53. The molecule has 3 rings (SSSR count). The number of fused-ring (bicyclic) bond motifs is 1. The van der Waals surface area contributed by atoms with Crippen molar-refractivity contribution < 1.29 is 9.52 Å². The lowest BCUT2D eigenvalue weighted by atomic mass is 10.1. The zero-order valence-corrected chi connectivity index (χ0v) is 12.3. The highest BCUT2D eigenvalue weighted by molar-refractivity contribution is 6.30. The molecule has 0 aliphatic carbocycles. The Labute approximate surface area is 132 Å². The maximum atomic E-state index is 12.1. The van der Waals surface area contributed by atoms with E-state index in [0.717, 1.165) is 15.7 Å². The molecule has 0 atom stereocenters. The lowest BCUT2D eigenvalue weighted by Gasteiger charge is -2.01. The zero-order valence-electron chi connectivity index (χ0n) is 11.6. The van der Waals surface area contributed by atoms with Crippen molar-refractivity contribution in [1.29, 1.82) is 0 Å². The summed E-state index contributed by atoms with van der Waals surface area (Å²) >= 11 is 5.80. The van der Waals surface area contributed by atoms with Crippen LogP contribution in [0.25, 0.3) is 17.0 Å². The number of allylic oxidation sites excluding steroid dienone is 1. The summed E-state index contributed by atoms with van der Waals surface area (Å²) in [6.07, 6.45) is 4.71. The van der Waals surface area contributed by atoms with Crippen molar-refractivity contribution in [3.05, 3.63) is 88.2 Å². The van der Waals surface area contributed by atoms with Crippen LogP contribution in [0.1, 0.15) is 15.9 Å². The van der Waals surface area contributed by atoms with Crippen molar-refractivity contribution in [2.75, 3.05) is 0 Å². The Hall–Kier alpha value is -2.65. The van der Waals surface area contributed by atoms with E-state index in [1.165, 1.54) is 12.3 Å². The highest BCUT2D eigenvalue weighted by Gasteiger charge is 2.04. The van der Waals surface area contributed by atoms with Gasteiger partial charge in [0.05, 0.1) is 0 Å². The van der Waals surface area contributed by atoms with Crippen LogP contribution in [-0.2, 0) is 0 Å². The highest BCUT2D eigenvalue weighted by Crippen LogP contribution is 2.15. The largest absolute Gasteiger partial charge is 0.618 e. The van der Waals surface area contributed by atoms with Crippen LogP contribution in [0, 0.1) is 5.21 Å². The fourth-order valence-electron chi connectivity index (χ4n) is 2.20. The molecule has 0 aliphatic heterocycles. The molecule has 3 nitrogen and oxygen atoms in total.